The summed E-state index contributed by atoms with van der Waals surface area (Å²) in [6.45, 7) is 2.39. The van der Waals surface area contributed by atoms with E-state index >= 15 is 0 Å². The lowest BCUT2D eigenvalue weighted by Crippen LogP contribution is -2.28. The summed E-state index contributed by atoms with van der Waals surface area (Å²) in [5.41, 5.74) is 2.83. The summed E-state index contributed by atoms with van der Waals surface area (Å²) in [5.74, 6) is 0.761. The summed E-state index contributed by atoms with van der Waals surface area (Å²) in [5, 5.41) is 5.28. The number of hydrazone groups is 1. The summed E-state index contributed by atoms with van der Waals surface area (Å²) in [6, 6.07) is 11.6. The number of aryl methyl sites for hydroxylation is 1. The Morgan fingerprint density at radius 1 is 0.970 bits per heavy atom. The number of ether oxygens (including phenoxy) is 3. The van der Waals surface area contributed by atoms with E-state index in [0.717, 1.165) is 17.0 Å². The van der Waals surface area contributed by atoms with Crippen LogP contribution in [0.1, 0.15) is 23.1 Å². The zero-order valence-electron chi connectivity index (χ0n) is 18.9. The summed E-state index contributed by atoms with van der Waals surface area (Å²) in [4.78, 5) is 25.7. The molecular formula is C26H26N2O5. The normalized spacial score (nSPS) is 25.2. The van der Waals surface area contributed by atoms with E-state index < -0.39 is 0 Å². The maximum Gasteiger partial charge on any atom is 0.254 e. The number of rotatable bonds is 7. The molecule has 1 saturated heterocycles. The van der Waals surface area contributed by atoms with Gasteiger partial charge in [-0.1, -0.05) is 42.0 Å². The van der Waals surface area contributed by atoms with Crippen LogP contribution in [0, 0.1) is 30.6 Å². The van der Waals surface area contributed by atoms with Gasteiger partial charge < -0.3 is 14.2 Å². The van der Waals surface area contributed by atoms with Crippen molar-refractivity contribution >= 4 is 18.0 Å². The Morgan fingerprint density at radius 2 is 1.55 bits per heavy atom. The van der Waals surface area contributed by atoms with Crippen molar-refractivity contribution in [1.29, 1.82) is 0 Å². The zero-order valence-corrected chi connectivity index (χ0v) is 18.9. The molecule has 0 radical (unpaired) electrons. The maximum atomic E-state index is 12.8. The minimum Gasteiger partial charge on any atom is -0.493 e. The van der Waals surface area contributed by atoms with Gasteiger partial charge in [0.15, 0.2) is 11.5 Å². The van der Waals surface area contributed by atoms with Crippen molar-refractivity contribution < 1.29 is 23.8 Å². The molecule has 0 unspecified atom stereocenters. The van der Waals surface area contributed by atoms with E-state index in [0.29, 0.717) is 29.4 Å². The largest absolute Gasteiger partial charge is 0.493 e. The number of methoxy groups -OCH3 is 2. The van der Waals surface area contributed by atoms with Crippen LogP contribution in [0.2, 0.25) is 0 Å². The highest BCUT2D eigenvalue weighted by Gasteiger charge is 2.59. The van der Waals surface area contributed by atoms with Crippen LogP contribution in [0.3, 0.4) is 0 Å². The Kier molecular flexibility index (Phi) is 5.40. The molecule has 1 heterocycles. The van der Waals surface area contributed by atoms with Gasteiger partial charge in [0.05, 0.1) is 32.3 Å². The lowest BCUT2D eigenvalue weighted by molar-refractivity contribution is -0.140. The highest BCUT2D eigenvalue weighted by atomic mass is 16.5. The number of amides is 2. The van der Waals surface area contributed by atoms with Crippen LogP contribution in [-0.4, -0.2) is 37.3 Å². The van der Waals surface area contributed by atoms with E-state index in [1.54, 1.807) is 26.4 Å². The topological polar surface area (TPSA) is 77.4 Å². The van der Waals surface area contributed by atoms with E-state index in [4.69, 9.17) is 14.2 Å². The van der Waals surface area contributed by atoms with Crippen molar-refractivity contribution in [2.75, 3.05) is 14.2 Å². The first-order chi connectivity index (χ1) is 16.0. The van der Waals surface area contributed by atoms with Gasteiger partial charge in [-0.2, -0.15) is 10.1 Å². The van der Waals surface area contributed by atoms with E-state index in [2.05, 4.69) is 17.3 Å². The first-order valence-corrected chi connectivity index (χ1v) is 11.0. The van der Waals surface area contributed by atoms with Crippen LogP contribution in [-0.2, 0) is 16.2 Å². The van der Waals surface area contributed by atoms with E-state index in [1.165, 1.54) is 11.8 Å². The van der Waals surface area contributed by atoms with Crippen molar-refractivity contribution in [3.05, 3.63) is 65.2 Å². The van der Waals surface area contributed by atoms with Gasteiger partial charge in [0.2, 0.25) is 5.75 Å². The van der Waals surface area contributed by atoms with Crippen LogP contribution in [0.15, 0.2) is 53.7 Å². The average molecular weight is 447 g/mol. The Labute approximate surface area is 192 Å². The third kappa shape index (κ3) is 3.67. The van der Waals surface area contributed by atoms with Crippen molar-refractivity contribution in [2.24, 2.45) is 28.8 Å². The lowest BCUT2D eigenvalue weighted by Gasteiger charge is -2.16. The van der Waals surface area contributed by atoms with Gasteiger partial charge in [-0.25, -0.2) is 0 Å². The summed E-state index contributed by atoms with van der Waals surface area (Å²) in [7, 11) is 3.10. The minimum atomic E-state index is -0.272. The molecule has 0 spiro atoms. The Morgan fingerprint density at radius 3 is 2.09 bits per heavy atom. The van der Waals surface area contributed by atoms with E-state index in [1.807, 2.05) is 31.2 Å². The number of fused-ring (bicyclic) bond motifs is 5. The number of imide groups is 1. The van der Waals surface area contributed by atoms with Crippen LogP contribution in [0.5, 0.6) is 17.2 Å². The SMILES string of the molecule is COc1cc(C=NN2C(=O)[C@@H]3[C@H](C2=O)[C@H]2C=C[C@H]3C2)cc(OC)c1OCc1ccc(C)cc1. The average Bonchev–Trinajstić information content (AvgIpc) is 3.51. The fraction of sp³-hybridized carbons (Fsp3) is 0.346. The number of allylic oxidation sites excluding steroid dienone is 2. The Balaban J connectivity index is 1.36. The highest BCUT2D eigenvalue weighted by Crippen LogP contribution is 2.52. The fourth-order valence-electron chi connectivity index (χ4n) is 5.08. The molecule has 170 valence electrons. The molecule has 2 aliphatic carbocycles. The smallest absolute Gasteiger partial charge is 0.254 e. The van der Waals surface area contributed by atoms with Gasteiger partial charge in [0.1, 0.15) is 6.61 Å². The van der Waals surface area contributed by atoms with Crippen LogP contribution in [0.4, 0.5) is 0 Å². The zero-order chi connectivity index (χ0) is 23.1. The molecule has 4 atom stereocenters. The molecule has 1 saturated carbocycles. The number of hydrogen-bond donors (Lipinski definition) is 0. The van der Waals surface area contributed by atoms with Crippen molar-refractivity contribution in [3.8, 4) is 17.2 Å². The molecule has 3 aliphatic rings. The first kappa shape index (κ1) is 21.2. The number of hydrogen-bond acceptors (Lipinski definition) is 6. The molecule has 0 aromatic heterocycles. The molecule has 2 bridgehead atoms. The second-order valence-corrected chi connectivity index (χ2v) is 8.76. The molecule has 7 nitrogen and oxygen atoms in total. The van der Waals surface area contributed by atoms with Crippen LogP contribution < -0.4 is 14.2 Å². The highest BCUT2D eigenvalue weighted by molar-refractivity contribution is 6.06. The van der Waals surface area contributed by atoms with Gasteiger partial charge in [0, 0.05) is 5.56 Å². The molecule has 7 heteroatoms. The van der Waals surface area contributed by atoms with Gasteiger partial charge in [-0.3, -0.25) is 9.59 Å². The Hall–Kier alpha value is -3.61. The van der Waals surface area contributed by atoms with E-state index in [9.17, 15) is 9.59 Å². The molecule has 5 rings (SSSR count). The molecule has 2 aromatic carbocycles. The second kappa shape index (κ2) is 8.39. The predicted octanol–water partition coefficient (Wildman–Crippen LogP) is 3.73. The molecular weight excluding hydrogens is 420 g/mol. The maximum absolute atomic E-state index is 12.8. The number of nitrogens with zero attached hydrogens (tertiary/aromatic N) is 2. The third-order valence-electron chi connectivity index (χ3n) is 6.76. The molecule has 2 aromatic rings. The Bertz CT molecular complexity index is 1100. The fourth-order valence-corrected chi connectivity index (χ4v) is 5.08. The summed E-state index contributed by atoms with van der Waals surface area (Å²) in [6.07, 6.45) is 6.51. The lowest BCUT2D eigenvalue weighted by atomic mass is 9.85. The third-order valence-corrected chi connectivity index (χ3v) is 6.76. The van der Waals surface area contributed by atoms with Crippen molar-refractivity contribution in [1.82, 2.24) is 5.01 Å². The van der Waals surface area contributed by atoms with Gasteiger partial charge >= 0.3 is 0 Å². The molecule has 1 aliphatic heterocycles. The monoisotopic (exact) mass is 446 g/mol. The quantitative estimate of drug-likeness (QED) is 0.368. The number of carbonyl (C=O) groups excluding carboxylic acids is 2. The van der Waals surface area contributed by atoms with Crippen molar-refractivity contribution in [2.45, 2.75) is 20.0 Å². The van der Waals surface area contributed by atoms with Gasteiger partial charge in [-0.05, 0) is 42.9 Å². The van der Waals surface area contributed by atoms with Crippen LogP contribution >= 0.6 is 0 Å². The molecule has 2 amide bonds. The van der Waals surface area contributed by atoms with E-state index in [-0.39, 0.29) is 35.5 Å². The number of benzene rings is 2. The van der Waals surface area contributed by atoms with Gasteiger partial charge in [0.25, 0.3) is 11.8 Å². The minimum absolute atomic E-state index is 0.154. The van der Waals surface area contributed by atoms with Crippen LogP contribution in [0.25, 0.3) is 0 Å². The summed E-state index contributed by atoms with van der Waals surface area (Å²) >= 11 is 0. The predicted molar refractivity (Wildman–Crippen MR) is 122 cm³/mol. The summed E-state index contributed by atoms with van der Waals surface area (Å²) < 4.78 is 17.1. The molecule has 0 N–H and O–H groups in total. The molecule has 33 heavy (non-hydrogen) atoms. The van der Waals surface area contributed by atoms with Crippen molar-refractivity contribution in [3.63, 3.8) is 0 Å². The number of carbonyl (C=O) groups is 2. The molecule has 2 fully saturated rings. The van der Waals surface area contributed by atoms with Gasteiger partial charge in [-0.15, -0.1) is 0 Å². The standard InChI is InChI=1S/C26H26N2O5/c1-15-4-6-16(7-5-15)14-33-24-20(31-2)10-17(11-21(24)32-3)13-27-28-25(29)22-18-8-9-19(12-18)23(22)26(28)30/h4-11,13,18-19,22-23H,12,14H2,1-3H3/t18-,19-,22-,23+/m0/s1. The first-order valence-electron chi connectivity index (χ1n) is 11.0. The second-order valence-electron chi connectivity index (χ2n) is 8.76.